The number of ether oxygens (including phenoxy) is 1. The van der Waals surface area contributed by atoms with Gasteiger partial charge >= 0.3 is 0 Å². The van der Waals surface area contributed by atoms with Gasteiger partial charge in [0.1, 0.15) is 23.1 Å². The zero-order valence-corrected chi connectivity index (χ0v) is 12.7. The number of hydrogen-bond donors (Lipinski definition) is 2. The van der Waals surface area contributed by atoms with Gasteiger partial charge in [-0.25, -0.2) is 0 Å². The van der Waals surface area contributed by atoms with Gasteiger partial charge < -0.3 is 15.6 Å². The zero-order chi connectivity index (χ0) is 17.4. The van der Waals surface area contributed by atoms with Gasteiger partial charge in [-0.15, -0.1) is 0 Å². The number of phenolic OH excluding ortho intramolecular Hbond substituents is 1. The van der Waals surface area contributed by atoms with Gasteiger partial charge in [0.05, 0.1) is 10.8 Å². The van der Waals surface area contributed by atoms with E-state index in [1.807, 2.05) is 6.07 Å². The average molecular weight is 323 g/mol. The molecule has 24 heavy (non-hydrogen) atoms. The molecule has 0 bridgehead atoms. The monoisotopic (exact) mass is 323 g/mol. The first-order chi connectivity index (χ1) is 11.4. The summed E-state index contributed by atoms with van der Waals surface area (Å²) in [7, 11) is 0. The second-order valence-electron chi connectivity index (χ2n) is 5.44. The third-order valence-corrected chi connectivity index (χ3v) is 3.89. The predicted molar refractivity (Wildman–Crippen MR) is 85.2 cm³/mol. The summed E-state index contributed by atoms with van der Waals surface area (Å²) in [6.07, 6.45) is 0. The number of nitro benzene ring substituents is 1. The molecule has 2 aromatic rings. The van der Waals surface area contributed by atoms with Crippen LogP contribution in [-0.4, -0.2) is 10.0 Å². The lowest BCUT2D eigenvalue weighted by Gasteiger charge is -2.27. The number of benzene rings is 2. The van der Waals surface area contributed by atoms with Crippen LogP contribution in [0, 0.1) is 28.4 Å². The molecule has 1 unspecified atom stereocenters. The molecule has 120 valence electrons. The molecule has 1 aliphatic rings. The van der Waals surface area contributed by atoms with Crippen molar-refractivity contribution in [3.8, 4) is 17.6 Å². The molecule has 7 nitrogen and oxygen atoms in total. The van der Waals surface area contributed by atoms with E-state index >= 15 is 0 Å². The maximum atomic E-state index is 11.4. The molecule has 1 aliphatic heterocycles. The number of aromatic hydroxyl groups is 1. The Morgan fingerprint density at radius 2 is 2.08 bits per heavy atom. The molecule has 3 N–H and O–H groups in total. The van der Waals surface area contributed by atoms with Gasteiger partial charge in [0.15, 0.2) is 0 Å². The average Bonchev–Trinajstić information content (AvgIpc) is 2.53. The minimum absolute atomic E-state index is 0.0240. The lowest BCUT2D eigenvalue weighted by Crippen LogP contribution is -2.21. The summed E-state index contributed by atoms with van der Waals surface area (Å²) in [4.78, 5) is 10.8. The fourth-order valence-electron chi connectivity index (χ4n) is 2.91. The Morgan fingerprint density at radius 1 is 1.38 bits per heavy atom. The van der Waals surface area contributed by atoms with E-state index in [0.29, 0.717) is 5.56 Å². The molecular weight excluding hydrogens is 310 g/mol. The van der Waals surface area contributed by atoms with Crippen molar-refractivity contribution >= 4 is 5.69 Å². The van der Waals surface area contributed by atoms with Crippen LogP contribution >= 0.6 is 0 Å². The summed E-state index contributed by atoms with van der Waals surface area (Å²) in [6, 6.07) is 11.2. The van der Waals surface area contributed by atoms with E-state index in [1.165, 1.54) is 18.2 Å². The minimum Gasteiger partial charge on any atom is -0.507 e. The fourth-order valence-corrected chi connectivity index (χ4v) is 2.91. The summed E-state index contributed by atoms with van der Waals surface area (Å²) >= 11 is 0. The maximum Gasteiger partial charge on any atom is 0.273 e. The number of hydrogen-bond acceptors (Lipinski definition) is 6. The molecule has 0 saturated heterocycles. The van der Waals surface area contributed by atoms with Crippen molar-refractivity contribution in [3.05, 3.63) is 74.7 Å². The van der Waals surface area contributed by atoms with Crippen molar-refractivity contribution in [3.63, 3.8) is 0 Å². The van der Waals surface area contributed by atoms with E-state index in [1.54, 1.807) is 25.1 Å². The highest BCUT2D eigenvalue weighted by Gasteiger charge is 2.36. The summed E-state index contributed by atoms with van der Waals surface area (Å²) in [5, 5.41) is 31.2. The smallest absolute Gasteiger partial charge is 0.273 e. The van der Waals surface area contributed by atoms with Crippen molar-refractivity contribution < 1.29 is 14.8 Å². The van der Waals surface area contributed by atoms with E-state index < -0.39 is 10.8 Å². The van der Waals surface area contributed by atoms with Crippen molar-refractivity contribution in [2.75, 3.05) is 0 Å². The Balaban J connectivity index is 2.35. The van der Waals surface area contributed by atoms with Gasteiger partial charge in [0.25, 0.3) is 5.69 Å². The molecule has 0 spiro atoms. The lowest BCUT2D eigenvalue weighted by atomic mass is 9.82. The van der Waals surface area contributed by atoms with Crippen molar-refractivity contribution in [2.45, 2.75) is 12.8 Å². The molecule has 0 radical (unpaired) electrons. The Labute approximate surface area is 137 Å². The van der Waals surface area contributed by atoms with Crippen LogP contribution in [-0.2, 0) is 0 Å². The standard InChI is InChI=1S/C17H13N3O4/c1-9-6-13(21)16-14(7-9)24-17(19)11(8-18)15(16)10-4-2-3-5-12(10)20(22)23/h2-7,15,21H,19H2,1H3. The normalized spacial score (nSPS) is 16.1. The van der Waals surface area contributed by atoms with Gasteiger partial charge in [0.2, 0.25) is 5.88 Å². The van der Waals surface area contributed by atoms with E-state index in [0.717, 1.165) is 5.56 Å². The lowest BCUT2D eigenvalue weighted by molar-refractivity contribution is -0.385. The number of phenols is 1. The highest BCUT2D eigenvalue weighted by molar-refractivity contribution is 5.64. The zero-order valence-electron chi connectivity index (χ0n) is 12.7. The van der Waals surface area contributed by atoms with Crippen LogP contribution in [0.3, 0.4) is 0 Å². The van der Waals surface area contributed by atoms with Gasteiger partial charge in [0, 0.05) is 17.2 Å². The molecule has 0 saturated carbocycles. The Morgan fingerprint density at radius 3 is 2.75 bits per heavy atom. The van der Waals surface area contributed by atoms with Gasteiger partial charge in [-0.05, 0) is 24.6 Å². The van der Waals surface area contributed by atoms with E-state index in [9.17, 15) is 20.5 Å². The minimum atomic E-state index is -0.874. The SMILES string of the molecule is Cc1cc(O)c2c(c1)OC(N)=C(C#N)C2c1ccccc1[N+](=O)[O-]. The Kier molecular flexibility index (Phi) is 3.58. The molecule has 0 aromatic heterocycles. The molecule has 3 rings (SSSR count). The molecule has 1 atom stereocenters. The number of rotatable bonds is 2. The summed E-state index contributed by atoms with van der Waals surface area (Å²) in [5.41, 5.74) is 7.01. The van der Waals surface area contributed by atoms with Gasteiger partial charge in [-0.1, -0.05) is 18.2 Å². The first-order valence-electron chi connectivity index (χ1n) is 7.08. The van der Waals surface area contributed by atoms with E-state index in [2.05, 4.69) is 0 Å². The Hall–Kier alpha value is -3.53. The van der Waals surface area contributed by atoms with Crippen molar-refractivity contribution in [1.82, 2.24) is 0 Å². The number of allylic oxidation sites excluding steroid dienone is 1. The maximum absolute atomic E-state index is 11.4. The summed E-state index contributed by atoms with van der Waals surface area (Å²) in [6.45, 7) is 1.77. The second-order valence-corrected chi connectivity index (χ2v) is 5.44. The van der Waals surface area contributed by atoms with Crippen LogP contribution in [0.1, 0.15) is 22.6 Å². The van der Waals surface area contributed by atoms with Crippen LogP contribution in [0.5, 0.6) is 11.5 Å². The number of aryl methyl sites for hydroxylation is 1. The second kappa shape index (κ2) is 5.59. The first-order valence-corrected chi connectivity index (χ1v) is 7.08. The van der Waals surface area contributed by atoms with Crippen LogP contribution in [0.15, 0.2) is 47.9 Å². The number of para-hydroxylation sites is 1. The highest BCUT2D eigenvalue weighted by atomic mass is 16.6. The van der Waals surface area contributed by atoms with Crippen LogP contribution in [0.2, 0.25) is 0 Å². The fraction of sp³-hybridized carbons (Fsp3) is 0.118. The van der Waals surface area contributed by atoms with Gasteiger partial charge in [-0.3, -0.25) is 10.1 Å². The predicted octanol–water partition coefficient (Wildman–Crippen LogP) is 2.83. The largest absolute Gasteiger partial charge is 0.507 e. The Bertz CT molecular complexity index is 928. The van der Waals surface area contributed by atoms with E-state index in [4.69, 9.17) is 10.5 Å². The van der Waals surface area contributed by atoms with Crippen LogP contribution in [0.25, 0.3) is 0 Å². The quantitative estimate of drug-likeness (QED) is 0.647. The molecule has 1 heterocycles. The summed E-state index contributed by atoms with van der Waals surface area (Å²) < 4.78 is 5.45. The van der Waals surface area contributed by atoms with E-state index in [-0.39, 0.29) is 34.2 Å². The molecule has 0 fully saturated rings. The molecule has 2 aromatic carbocycles. The molecule has 7 heteroatoms. The molecule has 0 aliphatic carbocycles. The number of nitriles is 1. The third-order valence-electron chi connectivity index (χ3n) is 3.89. The molecule has 0 amide bonds. The number of nitro groups is 1. The van der Waals surface area contributed by atoms with Crippen LogP contribution in [0.4, 0.5) is 5.69 Å². The highest BCUT2D eigenvalue weighted by Crippen LogP contribution is 2.48. The number of nitrogens with two attached hydrogens (primary N) is 1. The summed E-state index contributed by atoms with van der Waals surface area (Å²) in [5.74, 6) is -0.820. The van der Waals surface area contributed by atoms with Gasteiger partial charge in [-0.2, -0.15) is 5.26 Å². The van der Waals surface area contributed by atoms with Crippen molar-refractivity contribution in [2.24, 2.45) is 5.73 Å². The molecular formula is C17H13N3O4. The topological polar surface area (TPSA) is 122 Å². The number of nitrogens with zero attached hydrogens (tertiary/aromatic N) is 2. The van der Waals surface area contributed by atoms with Crippen LogP contribution < -0.4 is 10.5 Å². The number of fused-ring (bicyclic) bond motifs is 1. The first kappa shape index (κ1) is 15.4. The van der Waals surface area contributed by atoms with Crippen molar-refractivity contribution in [1.29, 1.82) is 5.26 Å². The third kappa shape index (κ3) is 2.30.